The van der Waals surface area contributed by atoms with Crippen molar-refractivity contribution < 1.29 is 29.0 Å². The first kappa shape index (κ1) is 28.6. The summed E-state index contributed by atoms with van der Waals surface area (Å²) in [6.07, 6.45) is 1.46. The SMILES string of the molecule is CCc1ccc(-c2ccc(OC)c([C@H]3C4=C(CC(C)(C)CC4=O)OC4=C3C(=O)N(C)[C@@H]4C(C)C)c2C)nc1C(=O)O. The molecule has 1 aromatic carbocycles. The highest BCUT2D eigenvalue weighted by Gasteiger charge is 2.52. The first-order valence-corrected chi connectivity index (χ1v) is 14.2. The minimum atomic E-state index is -1.08. The van der Waals surface area contributed by atoms with Gasteiger partial charge >= 0.3 is 5.97 Å². The Hall–Kier alpha value is -3.94. The summed E-state index contributed by atoms with van der Waals surface area (Å²) in [7, 11) is 3.35. The quantitative estimate of drug-likeness (QED) is 0.475. The Labute approximate surface area is 241 Å². The molecule has 1 aromatic heterocycles. The molecule has 1 aliphatic carbocycles. The lowest BCUT2D eigenvalue weighted by atomic mass is 9.68. The van der Waals surface area contributed by atoms with Gasteiger partial charge in [-0.15, -0.1) is 0 Å². The fourth-order valence-corrected chi connectivity index (χ4v) is 6.77. The minimum Gasteiger partial charge on any atom is -0.496 e. The number of hydrogen-bond donors (Lipinski definition) is 1. The summed E-state index contributed by atoms with van der Waals surface area (Å²) in [5, 5.41) is 9.82. The van der Waals surface area contributed by atoms with Crippen LogP contribution >= 0.6 is 0 Å². The van der Waals surface area contributed by atoms with Crippen molar-refractivity contribution in [3.63, 3.8) is 0 Å². The van der Waals surface area contributed by atoms with Gasteiger partial charge in [-0.1, -0.05) is 40.7 Å². The highest BCUT2D eigenvalue weighted by atomic mass is 16.5. The number of pyridine rings is 1. The zero-order valence-corrected chi connectivity index (χ0v) is 25.0. The molecule has 0 unspecified atom stereocenters. The standard InChI is InChI=1S/C33H38N2O6/c1-9-18-10-12-20(34-28(18)32(38)39)19-11-13-22(40-8)24(17(19)4)26-25-21(36)14-33(5,6)15-23(25)41-30-27(26)31(37)35(7)29(30)16(2)3/h10-13,16,26,29H,9,14-15H2,1-8H3,(H,38,39)/t26-,29+/m0/s1. The number of carbonyl (C=O) groups is 3. The molecule has 1 N–H and O–H groups in total. The van der Waals surface area contributed by atoms with Crippen molar-refractivity contribution in [2.45, 2.75) is 72.8 Å². The molecule has 0 bridgehead atoms. The average Bonchev–Trinajstić information content (AvgIpc) is 3.15. The van der Waals surface area contributed by atoms with E-state index >= 15 is 0 Å². The van der Waals surface area contributed by atoms with Crippen LogP contribution in [0.15, 0.2) is 46.9 Å². The number of aryl methyl sites for hydroxylation is 1. The second-order valence-corrected chi connectivity index (χ2v) is 12.4. The predicted octanol–water partition coefficient (Wildman–Crippen LogP) is 5.83. The van der Waals surface area contributed by atoms with E-state index < -0.39 is 11.9 Å². The van der Waals surface area contributed by atoms with Gasteiger partial charge in [-0.2, -0.15) is 0 Å². The number of aromatic carboxylic acids is 1. The molecule has 3 aliphatic rings. The number of benzene rings is 1. The third kappa shape index (κ3) is 4.53. The van der Waals surface area contributed by atoms with Crippen molar-refractivity contribution in [2.24, 2.45) is 11.3 Å². The summed E-state index contributed by atoms with van der Waals surface area (Å²) in [6, 6.07) is 7.02. The van der Waals surface area contributed by atoms with Crippen LogP contribution in [0.5, 0.6) is 5.75 Å². The van der Waals surface area contributed by atoms with Gasteiger partial charge in [0.2, 0.25) is 0 Å². The lowest BCUT2D eigenvalue weighted by Crippen LogP contribution is -2.36. The van der Waals surface area contributed by atoms with Gasteiger partial charge in [-0.25, -0.2) is 9.78 Å². The molecule has 2 aliphatic heterocycles. The topological polar surface area (TPSA) is 106 Å². The number of Topliss-reactive ketones (excluding diaryl/α,β-unsaturated/α-hetero) is 1. The summed E-state index contributed by atoms with van der Waals surface area (Å²) in [5.74, 6) is -0.113. The third-order valence-electron chi connectivity index (χ3n) is 8.64. The number of likely N-dealkylation sites (N-methyl/N-ethyl adjacent to an activating group) is 1. The molecule has 2 atom stereocenters. The van der Waals surface area contributed by atoms with Gasteiger partial charge < -0.3 is 19.5 Å². The largest absolute Gasteiger partial charge is 0.496 e. The third-order valence-corrected chi connectivity index (χ3v) is 8.64. The van der Waals surface area contributed by atoms with E-state index in [1.165, 1.54) is 0 Å². The molecule has 2 aromatic rings. The van der Waals surface area contributed by atoms with Crippen LogP contribution in [0, 0.1) is 18.3 Å². The summed E-state index contributed by atoms with van der Waals surface area (Å²) in [5.41, 5.74) is 4.04. The number of hydrogen-bond acceptors (Lipinski definition) is 6. The molecule has 0 spiro atoms. The summed E-state index contributed by atoms with van der Waals surface area (Å²) >= 11 is 0. The normalized spacial score (nSPS) is 21.7. The van der Waals surface area contributed by atoms with Crippen LogP contribution in [0.25, 0.3) is 11.3 Å². The molecule has 5 rings (SSSR count). The van der Waals surface area contributed by atoms with E-state index in [1.54, 1.807) is 25.1 Å². The Kier molecular flexibility index (Phi) is 7.08. The van der Waals surface area contributed by atoms with Gasteiger partial charge in [-0.3, -0.25) is 9.59 Å². The zero-order chi connectivity index (χ0) is 30.0. The smallest absolute Gasteiger partial charge is 0.354 e. The molecule has 41 heavy (non-hydrogen) atoms. The van der Waals surface area contributed by atoms with E-state index in [2.05, 4.69) is 32.7 Å². The second kappa shape index (κ2) is 10.2. The van der Waals surface area contributed by atoms with E-state index in [1.807, 2.05) is 32.0 Å². The first-order chi connectivity index (χ1) is 19.3. The Bertz CT molecular complexity index is 1550. The maximum absolute atomic E-state index is 13.9. The molecule has 8 nitrogen and oxygen atoms in total. The number of ketones is 1. The average molecular weight is 559 g/mol. The number of carboxylic acid groups (broad SMARTS) is 1. The number of nitrogens with zero attached hydrogens (tertiary/aromatic N) is 2. The number of allylic oxidation sites excluding steroid dienone is 2. The molecule has 216 valence electrons. The fraction of sp³-hybridized carbons (Fsp3) is 0.455. The first-order valence-electron chi connectivity index (χ1n) is 14.2. The number of rotatable bonds is 6. The highest BCUT2D eigenvalue weighted by Crippen LogP contribution is 2.55. The predicted molar refractivity (Wildman–Crippen MR) is 155 cm³/mol. The lowest BCUT2D eigenvalue weighted by Gasteiger charge is -2.39. The maximum Gasteiger partial charge on any atom is 0.354 e. The van der Waals surface area contributed by atoms with Crippen LogP contribution in [0.1, 0.15) is 80.6 Å². The van der Waals surface area contributed by atoms with Gasteiger partial charge in [-0.05, 0) is 54.0 Å². The summed E-state index contributed by atoms with van der Waals surface area (Å²) in [6.45, 7) is 12.0. The van der Waals surface area contributed by atoms with Crippen LogP contribution in [0.3, 0.4) is 0 Å². The minimum absolute atomic E-state index is 0.0138. The molecule has 1 amide bonds. The lowest BCUT2D eigenvalue weighted by molar-refractivity contribution is -0.126. The van der Waals surface area contributed by atoms with Gasteiger partial charge in [0.15, 0.2) is 11.5 Å². The maximum atomic E-state index is 13.9. The summed E-state index contributed by atoms with van der Waals surface area (Å²) < 4.78 is 12.4. The summed E-state index contributed by atoms with van der Waals surface area (Å²) in [4.78, 5) is 46.1. The van der Waals surface area contributed by atoms with Gasteiger partial charge in [0, 0.05) is 36.6 Å². The number of carbonyl (C=O) groups excluding carboxylic acids is 2. The van der Waals surface area contributed by atoms with E-state index in [4.69, 9.17) is 9.47 Å². The van der Waals surface area contributed by atoms with Crippen molar-refractivity contribution in [1.29, 1.82) is 0 Å². The molecule has 8 heteroatoms. The van der Waals surface area contributed by atoms with Crippen molar-refractivity contribution >= 4 is 17.7 Å². The highest BCUT2D eigenvalue weighted by molar-refractivity contribution is 6.07. The van der Waals surface area contributed by atoms with Gasteiger partial charge in [0.05, 0.1) is 30.3 Å². The fourth-order valence-electron chi connectivity index (χ4n) is 6.77. The number of methoxy groups -OCH3 is 1. The van der Waals surface area contributed by atoms with Crippen LogP contribution in [0.2, 0.25) is 0 Å². The molecule has 0 saturated heterocycles. The van der Waals surface area contributed by atoms with Crippen LogP contribution in [0.4, 0.5) is 0 Å². The Morgan fingerprint density at radius 3 is 2.49 bits per heavy atom. The zero-order valence-electron chi connectivity index (χ0n) is 25.0. The van der Waals surface area contributed by atoms with Crippen LogP contribution < -0.4 is 4.74 Å². The van der Waals surface area contributed by atoms with E-state index in [0.717, 1.165) is 5.56 Å². The Morgan fingerprint density at radius 2 is 1.88 bits per heavy atom. The van der Waals surface area contributed by atoms with Crippen LogP contribution in [-0.2, 0) is 20.7 Å². The van der Waals surface area contributed by atoms with Gasteiger partial charge in [0.1, 0.15) is 17.3 Å². The number of ether oxygens (including phenoxy) is 2. The molecule has 0 fully saturated rings. The van der Waals surface area contributed by atoms with Crippen molar-refractivity contribution in [1.82, 2.24) is 9.88 Å². The monoisotopic (exact) mass is 558 g/mol. The number of carboxylic acids is 1. The van der Waals surface area contributed by atoms with E-state index in [9.17, 15) is 19.5 Å². The second-order valence-electron chi connectivity index (χ2n) is 12.4. The van der Waals surface area contributed by atoms with Gasteiger partial charge in [0.25, 0.3) is 5.91 Å². The van der Waals surface area contributed by atoms with Crippen molar-refractivity contribution in [3.05, 3.63) is 69.3 Å². The van der Waals surface area contributed by atoms with E-state index in [0.29, 0.717) is 70.1 Å². The van der Waals surface area contributed by atoms with E-state index in [-0.39, 0.29) is 34.8 Å². The molecule has 3 heterocycles. The Balaban J connectivity index is 1.80. The van der Waals surface area contributed by atoms with Crippen molar-refractivity contribution in [3.8, 4) is 17.0 Å². The number of aromatic nitrogens is 1. The van der Waals surface area contributed by atoms with Crippen LogP contribution in [-0.4, -0.2) is 52.8 Å². The Morgan fingerprint density at radius 1 is 1.17 bits per heavy atom. The molecular formula is C33H38N2O6. The molecular weight excluding hydrogens is 520 g/mol. The molecule has 0 radical (unpaired) electrons. The van der Waals surface area contributed by atoms with Crippen molar-refractivity contribution in [2.75, 3.05) is 14.2 Å². The number of amides is 1. The molecule has 0 saturated carbocycles.